The first kappa shape index (κ1) is 8.24. The van der Waals surface area contributed by atoms with Gasteiger partial charge < -0.3 is 4.74 Å². The first-order valence-electron chi connectivity index (χ1n) is 3.86. The summed E-state index contributed by atoms with van der Waals surface area (Å²) >= 11 is 0. The van der Waals surface area contributed by atoms with E-state index in [1.807, 2.05) is 13.8 Å². The lowest BCUT2D eigenvalue weighted by Gasteiger charge is -2.34. The number of cyclic esters (lactones) is 1. The summed E-state index contributed by atoms with van der Waals surface area (Å²) in [4.78, 5) is 21.1. The number of hydrogen-bond acceptors (Lipinski definition) is 3. The van der Waals surface area contributed by atoms with Gasteiger partial charge in [-0.15, -0.1) is 0 Å². The number of ether oxygens (including phenoxy) is 1. The summed E-state index contributed by atoms with van der Waals surface area (Å²) in [7, 11) is 0. The van der Waals surface area contributed by atoms with E-state index in [9.17, 15) is 9.59 Å². The lowest BCUT2D eigenvalue weighted by Crippen LogP contribution is -2.49. The van der Waals surface area contributed by atoms with Crippen LogP contribution in [0.5, 0.6) is 0 Å². The van der Waals surface area contributed by atoms with Crippen LogP contribution in [0.2, 0.25) is 0 Å². The van der Waals surface area contributed by atoms with Gasteiger partial charge in [-0.2, -0.15) is 0 Å². The third-order valence-corrected chi connectivity index (χ3v) is 2.27. The highest BCUT2D eigenvalue weighted by Gasteiger charge is 2.44. The fourth-order valence-electron chi connectivity index (χ4n) is 1.27. The van der Waals surface area contributed by atoms with Gasteiger partial charge in [0.2, 0.25) is 0 Å². The van der Waals surface area contributed by atoms with Crippen molar-refractivity contribution in [1.29, 1.82) is 0 Å². The standard InChI is InChI=1S/C8H12O3/c1-3-5(2)7-6(4-9)11-8(7)10/h4-7H,3H2,1-2H3. The largest absolute Gasteiger partial charge is 0.453 e. The lowest BCUT2D eigenvalue weighted by molar-refractivity contribution is -0.188. The van der Waals surface area contributed by atoms with Gasteiger partial charge in [0.25, 0.3) is 0 Å². The minimum Gasteiger partial charge on any atom is -0.453 e. The average Bonchev–Trinajstić information content (AvgIpc) is 1.99. The smallest absolute Gasteiger partial charge is 0.314 e. The summed E-state index contributed by atoms with van der Waals surface area (Å²) < 4.78 is 4.62. The maximum Gasteiger partial charge on any atom is 0.314 e. The summed E-state index contributed by atoms with van der Waals surface area (Å²) in [5.41, 5.74) is 0. The fraction of sp³-hybridized carbons (Fsp3) is 0.750. The Balaban J connectivity index is 2.54. The molecule has 11 heavy (non-hydrogen) atoms. The second-order valence-corrected chi connectivity index (χ2v) is 2.95. The molecule has 0 spiro atoms. The number of esters is 1. The molecule has 1 heterocycles. The van der Waals surface area contributed by atoms with Crippen molar-refractivity contribution in [2.75, 3.05) is 0 Å². The topological polar surface area (TPSA) is 43.4 Å². The molecule has 3 heteroatoms. The molecule has 62 valence electrons. The van der Waals surface area contributed by atoms with Crippen LogP contribution in [0.4, 0.5) is 0 Å². The van der Waals surface area contributed by atoms with Crippen molar-refractivity contribution in [2.45, 2.75) is 26.4 Å². The van der Waals surface area contributed by atoms with E-state index < -0.39 is 6.10 Å². The molecule has 0 saturated carbocycles. The molecule has 0 aromatic heterocycles. The lowest BCUT2D eigenvalue weighted by atomic mass is 9.84. The zero-order chi connectivity index (χ0) is 8.43. The third-order valence-electron chi connectivity index (χ3n) is 2.27. The molecule has 1 saturated heterocycles. The normalized spacial score (nSPS) is 32.0. The monoisotopic (exact) mass is 156 g/mol. The van der Waals surface area contributed by atoms with E-state index in [2.05, 4.69) is 4.74 Å². The number of hydrogen-bond donors (Lipinski definition) is 0. The van der Waals surface area contributed by atoms with Crippen LogP contribution in [-0.2, 0) is 14.3 Å². The Hall–Kier alpha value is -0.860. The predicted octanol–water partition coefficient (Wildman–Crippen LogP) is 0.773. The second-order valence-electron chi connectivity index (χ2n) is 2.95. The highest BCUT2D eigenvalue weighted by atomic mass is 16.6. The van der Waals surface area contributed by atoms with Gasteiger partial charge in [-0.05, 0) is 5.92 Å². The van der Waals surface area contributed by atoms with E-state index >= 15 is 0 Å². The van der Waals surface area contributed by atoms with Crippen molar-refractivity contribution in [3.05, 3.63) is 0 Å². The maximum absolute atomic E-state index is 10.8. The summed E-state index contributed by atoms with van der Waals surface area (Å²) in [5, 5.41) is 0. The van der Waals surface area contributed by atoms with Gasteiger partial charge in [-0.3, -0.25) is 9.59 Å². The number of carbonyl (C=O) groups is 2. The molecular formula is C8H12O3. The van der Waals surface area contributed by atoms with Crippen molar-refractivity contribution >= 4 is 12.3 Å². The molecular weight excluding hydrogens is 144 g/mol. The van der Waals surface area contributed by atoms with E-state index in [1.54, 1.807) is 0 Å². The molecule has 0 bridgehead atoms. The Bertz CT molecular complexity index is 176. The molecule has 0 N–H and O–H groups in total. The second kappa shape index (κ2) is 3.03. The van der Waals surface area contributed by atoms with Crippen molar-refractivity contribution in [1.82, 2.24) is 0 Å². The van der Waals surface area contributed by atoms with Gasteiger partial charge in [0.15, 0.2) is 12.4 Å². The van der Waals surface area contributed by atoms with Crippen LogP contribution in [0, 0.1) is 11.8 Å². The maximum atomic E-state index is 10.8. The number of rotatable bonds is 3. The zero-order valence-corrected chi connectivity index (χ0v) is 6.74. The molecule has 1 aliphatic heterocycles. The van der Waals surface area contributed by atoms with Crippen LogP contribution in [0.3, 0.4) is 0 Å². The molecule has 3 nitrogen and oxygen atoms in total. The SMILES string of the molecule is CCC(C)C1C(=O)OC1C=O. The van der Waals surface area contributed by atoms with Crippen LogP contribution in [0.15, 0.2) is 0 Å². The predicted molar refractivity (Wildman–Crippen MR) is 38.9 cm³/mol. The van der Waals surface area contributed by atoms with Gasteiger partial charge in [-0.1, -0.05) is 20.3 Å². The first-order chi connectivity index (χ1) is 5.20. The number of carbonyl (C=O) groups excluding carboxylic acids is 2. The molecule has 3 unspecified atom stereocenters. The quantitative estimate of drug-likeness (QED) is 0.448. The van der Waals surface area contributed by atoms with Crippen molar-refractivity contribution < 1.29 is 14.3 Å². The van der Waals surface area contributed by atoms with Crippen LogP contribution in [-0.4, -0.2) is 18.4 Å². The van der Waals surface area contributed by atoms with Crippen molar-refractivity contribution in [2.24, 2.45) is 11.8 Å². The van der Waals surface area contributed by atoms with Gasteiger partial charge >= 0.3 is 5.97 Å². The third kappa shape index (κ3) is 1.27. The minimum absolute atomic E-state index is 0.183. The Morgan fingerprint density at radius 2 is 2.36 bits per heavy atom. The summed E-state index contributed by atoms with van der Waals surface area (Å²) in [5.74, 6) is -0.152. The fourth-order valence-corrected chi connectivity index (χ4v) is 1.27. The summed E-state index contributed by atoms with van der Waals surface area (Å²) in [6, 6.07) is 0. The Morgan fingerprint density at radius 1 is 1.73 bits per heavy atom. The molecule has 0 radical (unpaired) electrons. The Kier molecular flexibility index (Phi) is 2.27. The van der Waals surface area contributed by atoms with E-state index in [0.29, 0.717) is 6.29 Å². The van der Waals surface area contributed by atoms with E-state index in [1.165, 1.54) is 0 Å². The molecule has 3 atom stereocenters. The first-order valence-corrected chi connectivity index (χ1v) is 3.86. The molecule has 1 rings (SSSR count). The molecule has 0 aromatic rings. The van der Waals surface area contributed by atoms with E-state index in [4.69, 9.17) is 0 Å². The minimum atomic E-state index is -0.475. The molecule has 1 fully saturated rings. The average molecular weight is 156 g/mol. The molecule has 0 aliphatic carbocycles. The highest BCUT2D eigenvalue weighted by Crippen LogP contribution is 2.29. The van der Waals surface area contributed by atoms with Crippen LogP contribution >= 0.6 is 0 Å². The van der Waals surface area contributed by atoms with Gasteiger partial charge in [0, 0.05) is 0 Å². The Labute approximate surface area is 65.7 Å². The van der Waals surface area contributed by atoms with Crippen LogP contribution in [0.1, 0.15) is 20.3 Å². The number of aldehydes is 1. The molecule has 0 amide bonds. The molecule has 0 aromatic carbocycles. The van der Waals surface area contributed by atoms with Crippen molar-refractivity contribution in [3.8, 4) is 0 Å². The van der Waals surface area contributed by atoms with Crippen LogP contribution in [0.25, 0.3) is 0 Å². The Morgan fingerprint density at radius 3 is 2.73 bits per heavy atom. The van der Waals surface area contributed by atoms with Gasteiger partial charge in [-0.25, -0.2) is 0 Å². The van der Waals surface area contributed by atoms with Crippen LogP contribution < -0.4 is 0 Å². The highest BCUT2D eigenvalue weighted by molar-refractivity contribution is 5.86. The van der Waals surface area contributed by atoms with Crippen molar-refractivity contribution in [3.63, 3.8) is 0 Å². The molecule has 1 aliphatic rings. The zero-order valence-electron chi connectivity index (χ0n) is 6.74. The summed E-state index contributed by atoms with van der Waals surface area (Å²) in [6.45, 7) is 3.96. The van der Waals surface area contributed by atoms with E-state index in [-0.39, 0.29) is 17.8 Å². The van der Waals surface area contributed by atoms with Gasteiger partial charge in [0.05, 0.1) is 0 Å². The van der Waals surface area contributed by atoms with E-state index in [0.717, 1.165) is 6.42 Å². The van der Waals surface area contributed by atoms with Gasteiger partial charge in [0.1, 0.15) is 5.92 Å². The summed E-state index contributed by atoms with van der Waals surface area (Å²) in [6.07, 6.45) is 1.14.